The van der Waals surface area contributed by atoms with Crippen LogP contribution >= 0.6 is 0 Å². The zero-order valence-corrected chi connectivity index (χ0v) is 18.9. The largest absolute Gasteiger partial charge is 0.341 e. The van der Waals surface area contributed by atoms with E-state index in [1.807, 2.05) is 0 Å². The molecule has 1 aliphatic heterocycles. The fraction of sp³-hybridized carbons (Fsp3) is 0.280. The lowest BCUT2D eigenvalue weighted by Crippen LogP contribution is -3.13. The van der Waals surface area contributed by atoms with Crippen LogP contribution in [0.4, 0.5) is 4.39 Å². The van der Waals surface area contributed by atoms with E-state index in [9.17, 15) is 12.8 Å². The highest BCUT2D eigenvalue weighted by molar-refractivity contribution is 7.89. The Bertz CT molecular complexity index is 1370. The molecule has 166 valence electrons. The zero-order chi connectivity index (χ0) is 22.3. The molecule has 32 heavy (non-hydrogen) atoms. The summed E-state index contributed by atoms with van der Waals surface area (Å²) in [5, 5.41) is 2.55. The lowest BCUT2D eigenvalue weighted by atomic mass is 10.1. The van der Waals surface area contributed by atoms with Crippen molar-refractivity contribution in [1.29, 1.82) is 0 Å². The Morgan fingerprint density at radius 1 is 0.906 bits per heavy atom. The van der Waals surface area contributed by atoms with Crippen LogP contribution in [0.15, 0.2) is 71.6 Å². The van der Waals surface area contributed by atoms with Gasteiger partial charge in [0.2, 0.25) is 10.0 Å². The van der Waals surface area contributed by atoms with Crippen molar-refractivity contribution in [2.45, 2.75) is 24.9 Å². The molecule has 1 N–H and O–H groups in total. The normalized spacial score (nSPS) is 16.2. The first-order chi connectivity index (χ1) is 15.5. The summed E-state index contributed by atoms with van der Waals surface area (Å²) in [5.41, 5.74) is 3.78. The maximum Gasteiger partial charge on any atom is 0.243 e. The van der Waals surface area contributed by atoms with Crippen molar-refractivity contribution in [1.82, 2.24) is 8.87 Å². The second-order valence-corrected chi connectivity index (χ2v) is 10.3. The number of aryl methyl sites for hydroxylation is 1. The molecule has 0 saturated carbocycles. The third-order valence-corrected chi connectivity index (χ3v) is 8.40. The number of quaternary nitrogens is 1. The van der Waals surface area contributed by atoms with Gasteiger partial charge < -0.3 is 9.47 Å². The minimum atomic E-state index is -3.58. The maximum absolute atomic E-state index is 13.2. The predicted octanol–water partition coefficient (Wildman–Crippen LogP) is 3.04. The summed E-state index contributed by atoms with van der Waals surface area (Å²) in [4.78, 5) is 1.52. The first kappa shape index (κ1) is 21.1. The van der Waals surface area contributed by atoms with Crippen LogP contribution in [-0.4, -0.2) is 43.5 Å². The monoisotopic (exact) mass is 452 g/mol. The minimum absolute atomic E-state index is 0.153. The molecular formula is C25H27FN3O2S+. The van der Waals surface area contributed by atoms with Crippen LogP contribution in [0.5, 0.6) is 0 Å². The van der Waals surface area contributed by atoms with Gasteiger partial charge in [0.05, 0.1) is 31.1 Å². The molecule has 0 amide bonds. The quantitative estimate of drug-likeness (QED) is 0.506. The molecule has 1 aromatic heterocycles. The van der Waals surface area contributed by atoms with Gasteiger partial charge in [0.15, 0.2) is 0 Å². The Hall–Kier alpha value is -2.74. The van der Waals surface area contributed by atoms with Crippen molar-refractivity contribution >= 4 is 31.8 Å². The van der Waals surface area contributed by atoms with Crippen molar-refractivity contribution in [2.75, 3.05) is 26.2 Å². The highest BCUT2D eigenvalue weighted by atomic mass is 32.2. The molecule has 4 aromatic rings. The fourth-order valence-electron chi connectivity index (χ4n) is 4.82. The molecule has 5 rings (SSSR count). The summed E-state index contributed by atoms with van der Waals surface area (Å²) >= 11 is 0. The molecule has 7 heteroatoms. The Labute approximate surface area is 187 Å². The van der Waals surface area contributed by atoms with E-state index in [1.54, 1.807) is 0 Å². The Balaban J connectivity index is 1.32. The lowest BCUT2D eigenvalue weighted by Gasteiger charge is -2.31. The van der Waals surface area contributed by atoms with Gasteiger partial charge in [-0.2, -0.15) is 4.31 Å². The zero-order valence-electron chi connectivity index (χ0n) is 18.1. The smallest absolute Gasteiger partial charge is 0.243 e. The fourth-order valence-corrected chi connectivity index (χ4v) is 6.26. The molecule has 0 radical (unpaired) electrons. The summed E-state index contributed by atoms with van der Waals surface area (Å²) in [6.07, 6.45) is 0. The Morgan fingerprint density at radius 3 is 2.31 bits per heavy atom. The average molecular weight is 453 g/mol. The molecule has 1 aliphatic rings. The van der Waals surface area contributed by atoms with Gasteiger partial charge >= 0.3 is 0 Å². The number of fused-ring (bicyclic) bond motifs is 3. The minimum Gasteiger partial charge on any atom is -0.341 e. The van der Waals surface area contributed by atoms with Crippen LogP contribution in [-0.2, 0) is 23.1 Å². The Morgan fingerprint density at radius 2 is 1.59 bits per heavy atom. The molecule has 1 saturated heterocycles. The van der Waals surface area contributed by atoms with Gasteiger partial charge in [0.25, 0.3) is 0 Å². The van der Waals surface area contributed by atoms with Gasteiger partial charge in [-0.25, -0.2) is 12.8 Å². The van der Waals surface area contributed by atoms with E-state index in [-0.39, 0.29) is 4.90 Å². The summed E-state index contributed by atoms with van der Waals surface area (Å²) in [6.45, 7) is 6.39. The SMILES string of the molecule is CCn1c2ccccc2c2cc(C[NH+]3CCN(S(=O)(=O)c4ccc(F)cc4)CC3)ccc21. The number of rotatable bonds is 5. The number of aromatic nitrogens is 1. The van der Waals surface area contributed by atoms with Crippen molar-refractivity contribution in [3.8, 4) is 0 Å². The highest BCUT2D eigenvalue weighted by Crippen LogP contribution is 2.29. The summed E-state index contributed by atoms with van der Waals surface area (Å²) in [7, 11) is -3.58. The average Bonchev–Trinajstić information content (AvgIpc) is 3.13. The summed E-state index contributed by atoms with van der Waals surface area (Å²) in [5.74, 6) is -0.433. The number of halogens is 1. The number of hydrogen-bond acceptors (Lipinski definition) is 2. The molecule has 2 heterocycles. The molecule has 0 aliphatic carbocycles. The molecule has 0 bridgehead atoms. The number of sulfonamides is 1. The van der Waals surface area contributed by atoms with Gasteiger partial charge in [0.1, 0.15) is 12.4 Å². The van der Waals surface area contributed by atoms with E-state index in [1.165, 1.54) is 60.8 Å². The number of piperazine rings is 1. The van der Waals surface area contributed by atoms with Crippen LogP contribution < -0.4 is 4.90 Å². The predicted molar refractivity (Wildman–Crippen MR) is 125 cm³/mol. The van der Waals surface area contributed by atoms with Crippen LogP contribution in [0, 0.1) is 5.82 Å². The number of hydrogen-bond donors (Lipinski definition) is 1. The van der Waals surface area contributed by atoms with Gasteiger partial charge in [-0.15, -0.1) is 0 Å². The topological polar surface area (TPSA) is 46.8 Å². The number of nitrogens with zero attached hydrogens (tertiary/aromatic N) is 2. The molecule has 0 atom stereocenters. The van der Waals surface area contributed by atoms with Crippen LogP contribution in [0.2, 0.25) is 0 Å². The third-order valence-electron chi connectivity index (χ3n) is 6.49. The first-order valence-electron chi connectivity index (χ1n) is 11.1. The molecular weight excluding hydrogens is 425 g/mol. The van der Waals surface area contributed by atoms with E-state index in [4.69, 9.17) is 0 Å². The Kier molecular flexibility index (Phi) is 5.49. The van der Waals surface area contributed by atoms with Gasteiger partial charge in [-0.1, -0.05) is 24.3 Å². The van der Waals surface area contributed by atoms with E-state index >= 15 is 0 Å². The van der Waals surface area contributed by atoms with Gasteiger partial charge in [0, 0.05) is 33.9 Å². The summed E-state index contributed by atoms with van der Waals surface area (Å²) in [6, 6.07) is 20.3. The van der Waals surface area contributed by atoms with Crippen molar-refractivity contribution in [2.24, 2.45) is 0 Å². The molecule has 3 aromatic carbocycles. The maximum atomic E-state index is 13.2. The summed E-state index contributed by atoms with van der Waals surface area (Å²) < 4.78 is 42.7. The van der Waals surface area contributed by atoms with E-state index in [2.05, 4.69) is 54.0 Å². The van der Waals surface area contributed by atoms with E-state index in [0.717, 1.165) is 26.2 Å². The van der Waals surface area contributed by atoms with Gasteiger partial charge in [-0.3, -0.25) is 0 Å². The molecule has 5 nitrogen and oxygen atoms in total. The molecule has 0 unspecified atom stereocenters. The first-order valence-corrected chi connectivity index (χ1v) is 12.5. The number of benzene rings is 3. The number of para-hydroxylation sites is 1. The second kappa shape index (κ2) is 8.31. The van der Waals surface area contributed by atoms with Crippen molar-refractivity contribution < 1.29 is 17.7 Å². The number of nitrogens with one attached hydrogen (secondary N) is 1. The van der Waals surface area contributed by atoms with Crippen LogP contribution in [0.3, 0.4) is 0 Å². The van der Waals surface area contributed by atoms with Crippen molar-refractivity contribution in [3.05, 3.63) is 78.1 Å². The molecule has 1 fully saturated rings. The van der Waals surface area contributed by atoms with E-state index < -0.39 is 15.8 Å². The molecule has 0 spiro atoms. The van der Waals surface area contributed by atoms with E-state index in [0.29, 0.717) is 13.1 Å². The highest BCUT2D eigenvalue weighted by Gasteiger charge is 2.30. The third kappa shape index (κ3) is 3.70. The van der Waals surface area contributed by atoms with Crippen LogP contribution in [0.25, 0.3) is 21.8 Å². The van der Waals surface area contributed by atoms with Gasteiger partial charge in [-0.05, 0) is 49.4 Å². The van der Waals surface area contributed by atoms with Crippen molar-refractivity contribution in [3.63, 3.8) is 0 Å². The standard InChI is InChI=1S/C25H26FN3O2S/c1-2-29-24-6-4-3-5-22(24)23-17-19(7-12-25(23)29)18-27-13-15-28(16-14-27)32(30,31)21-10-8-20(26)9-11-21/h3-12,17H,2,13-16,18H2,1H3/p+1. The second-order valence-electron chi connectivity index (χ2n) is 8.40. The lowest BCUT2D eigenvalue weighted by molar-refractivity contribution is -0.917. The van der Waals surface area contributed by atoms with Crippen LogP contribution in [0.1, 0.15) is 12.5 Å².